The second-order valence-corrected chi connectivity index (χ2v) is 9.00. The first-order chi connectivity index (χ1) is 16.4. The van der Waals surface area contributed by atoms with E-state index in [1.54, 1.807) is 39.8 Å². The van der Waals surface area contributed by atoms with E-state index in [1.165, 1.54) is 19.2 Å². The quantitative estimate of drug-likeness (QED) is 0.309. The average molecular weight is 488 g/mol. The molecule has 1 fully saturated rings. The van der Waals surface area contributed by atoms with Gasteiger partial charge in [-0.3, -0.25) is 0 Å². The van der Waals surface area contributed by atoms with Gasteiger partial charge in [-0.1, -0.05) is 0 Å². The van der Waals surface area contributed by atoms with Gasteiger partial charge < -0.3 is 44.3 Å². The number of carbonyl (C=O) groups excluding carboxylic acids is 1. The number of rotatable bonds is 5. The second kappa shape index (κ2) is 8.91. The number of methoxy groups -OCH3 is 1. The van der Waals surface area contributed by atoms with Crippen LogP contribution in [0, 0.1) is 13.8 Å². The molecule has 4 rings (SSSR count). The SMILES string of the molecule is CO[C@@H]1[C@@H](OC(=O)c2ccc(C)[nH]2)[C@@H](O)[C@H](Oc2ccc3c(O)c(N)c(=O)oc3c2C)OC1(C)C. The first kappa shape index (κ1) is 24.6. The molecule has 0 bridgehead atoms. The Morgan fingerprint density at radius 1 is 1.20 bits per heavy atom. The van der Waals surface area contributed by atoms with Crippen LogP contribution in [0.25, 0.3) is 11.0 Å². The van der Waals surface area contributed by atoms with E-state index >= 15 is 0 Å². The minimum Gasteiger partial charge on any atom is -0.505 e. The molecule has 0 amide bonds. The molecule has 2 aromatic heterocycles. The van der Waals surface area contributed by atoms with Crippen molar-refractivity contribution in [1.82, 2.24) is 4.98 Å². The van der Waals surface area contributed by atoms with Gasteiger partial charge in [-0.15, -0.1) is 0 Å². The smallest absolute Gasteiger partial charge is 0.363 e. The molecular formula is C24H28N2O9. The number of nitrogens with one attached hydrogen (secondary N) is 1. The maximum atomic E-state index is 12.7. The van der Waals surface area contributed by atoms with Crippen LogP contribution in [0.3, 0.4) is 0 Å². The number of anilines is 1. The lowest BCUT2D eigenvalue weighted by Crippen LogP contribution is -2.65. The highest BCUT2D eigenvalue weighted by atomic mass is 16.7. The lowest BCUT2D eigenvalue weighted by Gasteiger charge is -2.47. The number of ether oxygens (including phenoxy) is 4. The molecule has 3 heterocycles. The van der Waals surface area contributed by atoms with Crippen molar-refractivity contribution in [3.8, 4) is 11.5 Å². The molecule has 0 aliphatic carbocycles. The average Bonchev–Trinajstić information content (AvgIpc) is 3.24. The van der Waals surface area contributed by atoms with E-state index in [2.05, 4.69) is 4.98 Å². The molecule has 1 aromatic carbocycles. The molecule has 1 saturated heterocycles. The van der Waals surface area contributed by atoms with E-state index < -0.39 is 53.2 Å². The van der Waals surface area contributed by atoms with Crippen molar-refractivity contribution in [3.05, 3.63) is 51.6 Å². The van der Waals surface area contributed by atoms with Crippen LogP contribution in [-0.2, 0) is 14.2 Å². The summed E-state index contributed by atoms with van der Waals surface area (Å²) in [5, 5.41) is 21.5. The van der Waals surface area contributed by atoms with Crippen LogP contribution in [0.15, 0.2) is 33.5 Å². The number of hydrogen-bond acceptors (Lipinski definition) is 10. The van der Waals surface area contributed by atoms with Gasteiger partial charge in [-0.05, 0) is 52.0 Å². The monoisotopic (exact) mass is 488 g/mol. The van der Waals surface area contributed by atoms with Gasteiger partial charge >= 0.3 is 11.6 Å². The van der Waals surface area contributed by atoms with Crippen molar-refractivity contribution in [2.24, 2.45) is 0 Å². The first-order valence-electron chi connectivity index (χ1n) is 10.9. The minimum absolute atomic E-state index is 0.0728. The lowest BCUT2D eigenvalue weighted by molar-refractivity contribution is -0.305. The number of nitrogen functional groups attached to an aromatic ring is 1. The summed E-state index contributed by atoms with van der Waals surface area (Å²) in [5.41, 5.74) is 4.69. The predicted octanol–water partition coefficient (Wildman–Crippen LogP) is 2.14. The van der Waals surface area contributed by atoms with Gasteiger partial charge in [0.2, 0.25) is 6.29 Å². The highest BCUT2D eigenvalue weighted by molar-refractivity contribution is 5.90. The molecule has 0 unspecified atom stereocenters. The molecule has 0 radical (unpaired) electrons. The Hall–Kier alpha value is -3.54. The van der Waals surface area contributed by atoms with Crippen molar-refractivity contribution >= 4 is 22.6 Å². The van der Waals surface area contributed by atoms with E-state index in [0.717, 1.165) is 5.69 Å². The van der Waals surface area contributed by atoms with E-state index in [9.17, 15) is 19.8 Å². The highest BCUT2D eigenvalue weighted by Crippen LogP contribution is 2.38. The van der Waals surface area contributed by atoms with Crippen LogP contribution in [0.1, 0.15) is 35.6 Å². The third kappa shape index (κ3) is 4.33. The Morgan fingerprint density at radius 3 is 2.54 bits per heavy atom. The second-order valence-electron chi connectivity index (χ2n) is 9.00. The number of hydrogen-bond donors (Lipinski definition) is 4. The number of aliphatic hydroxyl groups is 1. The van der Waals surface area contributed by atoms with E-state index in [4.69, 9.17) is 29.1 Å². The summed E-state index contributed by atoms with van der Waals surface area (Å²) in [6, 6.07) is 6.30. The van der Waals surface area contributed by atoms with Crippen molar-refractivity contribution in [1.29, 1.82) is 0 Å². The molecule has 1 aliphatic rings. The van der Waals surface area contributed by atoms with Gasteiger partial charge in [0, 0.05) is 18.4 Å². The molecule has 0 saturated carbocycles. The number of carbonyl (C=O) groups is 1. The van der Waals surface area contributed by atoms with E-state index in [1.807, 2.05) is 0 Å². The van der Waals surface area contributed by atoms with Crippen molar-refractivity contribution in [2.75, 3.05) is 12.8 Å². The summed E-state index contributed by atoms with van der Waals surface area (Å²) >= 11 is 0. The number of aliphatic hydroxyl groups excluding tert-OH is 1. The fourth-order valence-electron chi connectivity index (χ4n) is 4.25. The van der Waals surface area contributed by atoms with Gasteiger partial charge in [0.1, 0.15) is 23.1 Å². The molecule has 11 heteroatoms. The molecule has 11 nitrogen and oxygen atoms in total. The van der Waals surface area contributed by atoms with Crippen LogP contribution in [0.2, 0.25) is 0 Å². The number of aromatic amines is 1. The fraction of sp³-hybridized carbons (Fsp3) is 0.417. The number of aromatic hydroxyl groups is 1. The molecule has 188 valence electrons. The number of H-pyrrole nitrogens is 1. The van der Waals surface area contributed by atoms with Crippen molar-refractivity contribution in [2.45, 2.75) is 57.9 Å². The van der Waals surface area contributed by atoms with Crippen LogP contribution in [-0.4, -0.2) is 58.5 Å². The third-order valence-electron chi connectivity index (χ3n) is 6.09. The number of aryl methyl sites for hydroxylation is 2. The Bertz CT molecular complexity index is 1330. The molecular weight excluding hydrogens is 460 g/mol. The zero-order valence-corrected chi connectivity index (χ0v) is 19.9. The Labute approximate surface area is 200 Å². The minimum atomic E-state index is -1.44. The van der Waals surface area contributed by atoms with Gasteiger partial charge in [-0.25, -0.2) is 9.59 Å². The zero-order valence-electron chi connectivity index (χ0n) is 19.9. The largest absolute Gasteiger partial charge is 0.505 e. The zero-order chi connectivity index (χ0) is 25.7. The molecule has 4 atom stereocenters. The topological polar surface area (TPSA) is 166 Å². The van der Waals surface area contributed by atoms with Crippen LogP contribution >= 0.6 is 0 Å². The normalized spacial score (nSPS) is 23.8. The fourth-order valence-corrected chi connectivity index (χ4v) is 4.25. The predicted molar refractivity (Wildman–Crippen MR) is 124 cm³/mol. The molecule has 5 N–H and O–H groups in total. The van der Waals surface area contributed by atoms with Crippen LogP contribution < -0.4 is 16.1 Å². The number of fused-ring (bicyclic) bond motifs is 1. The first-order valence-corrected chi connectivity index (χ1v) is 10.9. The summed E-state index contributed by atoms with van der Waals surface area (Å²) in [7, 11) is 1.43. The van der Waals surface area contributed by atoms with E-state index in [0.29, 0.717) is 5.56 Å². The van der Waals surface area contributed by atoms with Crippen molar-refractivity contribution < 1.29 is 38.4 Å². The Balaban J connectivity index is 1.66. The maximum Gasteiger partial charge on any atom is 0.363 e. The molecule has 1 aliphatic heterocycles. The molecule has 0 spiro atoms. The number of nitrogens with two attached hydrogens (primary N) is 1. The number of aromatic nitrogens is 1. The van der Waals surface area contributed by atoms with Gasteiger partial charge in [-0.2, -0.15) is 0 Å². The van der Waals surface area contributed by atoms with E-state index in [-0.39, 0.29) is 22.4 Å². The summed E-state index contributed by atoms with van der Waals surface area (Å²) in [6.45, 7) is 6.85. The molecule has 35 heavy (non-hydrogen) atoms. The third-order valence-corrected chi connectivity index (χ3v) is 6.09. The Kier molecular flexibility index (Phi) is 6.26. The van der Waals surface area contributed by atoms with Gasteiger partial charge in [0.05, 0.1) is 11.0 Å². The Morgan fingerprint density at radius 2 is 1.91 bits per heavy atom. The number of esters is 1. The summed E-state index contributed by atoms with van der Waals surface area (Å²) in [6.07, 6.45) is -4.65. The summed E-state index contributed by atoms with van der Waals surface area (Å²) < 4.78 is 28.4. The lowest BCUT2D eigenvalue weighted by atomic mass is 9.89. The number of benzene rings is 1. The summed E-state index contributed by atoms with van der Waals surface area (Å²) in [5.74, 6) is -0.849. The van der Waals surface area contributed by atoms with Crippen LogP contribution in [0.5, 0.6) is 11.5 Å². The van der Waals surface area contributed by atoms with Gasteiger partial charge in [0.25, 0.3) is 0 Å². The maximum absolute atomic E-state index is 12.7. The summed E-state index contributed by atoms with van der Waals surface area (Å²) in [4.78, 5) is 27.6. The van der Waals surface area contributed by atoms with Gasteiger partial charge in [0.15, 0.2) is 23.6 Å². The highest BCUT2D eigenvalue weighted by Gasteiger charge is 2.53. The molecule has 3 aromatic rings. The standard InChI is InChI=1S/C24H28N2O9/c1-10-6-8-13(26-10)21(29)34-19-17(28)23(35-24(3,4)20(19)31-5)32-14-9-7-12-16(27)15(25)22(30)33-18(12)11(14)2/h6-9,17,19-20,23,26-28H,25H2,1-5H3/t17-,19+,20-,23-/m1/s1. The van der Waals surface area contributed by atoms with Crippen molar-refractivity contribution in [3.63, 3.8) is 0 Å². The van der Waals surface area contributed by atoms with Crippen LogP contribution in [0.4, 0.5) is 5.69 Å².